The SMILES string of the molecule is CN(C)CCNC(=O)c1nn(C)c2ccc(F)cc2c1=O. The fourth-order valence-electron chi connectivity index (χ4n) is 1.97. The minimum atomic E-state index is -0.565. The molecule has 0 atom stereocenters. The van der Waals surface area contributed by atoms with Gasteiger partial charge in [0.15, 0.2) is 5.69 Å². The topological polar surface area (TPSA) is 67.2 Å². The van der Waals surface area contributed by atoms with Crippen molar-refractivity contribution in [1.29, 1.82) is 0 Å². The number of benzene rings is 1. The highest BCUT2D eigenvalue weighted by molar-refractivity contribution is 5.95. The second kappa shape index (κ2) is 6.01. The maximum Gasteiger partial charge on any atom is 0.275 e. The van der Waals surface area contributed by atoms with Gasteiger partial charge in [-0.2, -0.15) is 5.10 Å². The first-order valence-corrected chi connectivity index (χ1v) is 6.49. The summed E-state index contributed by atoms with van der Waals surface area (Å²) in [5.74, 6) is -1.08. The molecule has 0 saturated carbocycles. The molecule has 2 rings (SSSR count). The van der Waals surface area contributed by atoms with Crippen LogP contribution in [0.3, 0.4) is 0 Å². The molecular formula is C14H17FN4O2. The van der Waals surface area contributed by atoms with Gasteiger partial charge in [-0.05, 0) is 32.3 Å². The summed E-state index contributed by atoms with van der Waals surface area (Å²) in [7, 11) is 5.36. The van der Waals surface area contributed by atoms with Gasteiger partial charge in [0.25, 0.3) is 5.91 Å². The van der Waals surface area contributed by atoms with E-state index in [4.69, 9.17) is 0 Å². The lowest BCUT2D eigenvalue weighted by atomic mass is 10.2. The summed E-state index contributed by atoms with van der Waals surface area (Å²) in [5.41, 5.74) is -0.314. The minimum Gasteiger partial charge on any atom is -0.349 e. The van der Waals surface area contributed by atoms with E-state index in [0.717, 1.165) is 6.07 Å². The third-order valence-corrected chi connectivity index (χ3v) is 3.08. The Kier molecular flexibility index (Phi) is 4.32. The van der Waals surface area contributed by atoms with Crippen LogP contribution < -0.4 is 10.7 Å². The number of carbonyl (C=O) groups excluding carboxylic acids is 1. The quantitative estimate of drug-likeness (QED) is 0.884. The Morgan fingerprint density at radius 2 is 2.14 bits per heavy atom. The number of halogens is 1. The predicted molar refractivity (Wildman–Crippen MR) is 77.8 cm³/mol. The number of nitrogens with zero attached hydrogens (tertiary/aromatic N) is 3. The molecular weight excluding hydrogens is 275 g/mol. The molecule has 1 amide bonds. The molecule has 1 heterocycles. The van der Waals surface area contributed by atoms with Gasteiger partial charge in [0.05, 0.1) is 10.9 Å². The van der Waals surface area contributed by atoms with Crippen LogP contribution in [0.25, 0.3) is 10.9 Å². The van der Waals surface area contributed by atoms with Gasteiger partial charge in [0.2, 0.25) is 5.43 Å². The monoisotopic (exact) mass is 292 g/mol. The lowest BCUT2D eigenvalue weighted by molar-refractivity contribution is 0.0943. The first kappa shape index (κ1) is 15.1. The average Bonchev–Trinajstić information content (AvgIpc) is 2.42. The van der Waals surface area contributed by atoms with Gasteiger partial charge in [-0.3, -0.25) is 14.3 Å². The van der Waals surface area contributed by atoms with E-state index < -0.39 is 17.2 Å². The standard InChI is InChI=1S/C14H17FN4O2/c1-18(2)7-6-16-14(21)12-13(20)10-8-9(15)4-5-11(10)19(3)17-12/h4-5,8H,6-7H2,1-3H3,(H,16,21). The van der Waals surface area contributed by atoms with E-state index >= 15 is 0 Å². The minimum absolute atomic E-state index is 0.144. The smallest absolute Gasteiger partial charge is 0.275 e. The van der Waals surface area contributed by atoms with E-state index in [2.05, 4.69) is 10.4 Å². The second-order valence-electron chi connectivity index (χ2n) is 5.02. The largest absolute Gasteiger partial charge is 0.349 e. The Labute approximate surface area is 121 Å². The number of nitrogens with one attached hydrogen (secondary N) is 1. The van der Waals surface area contributed by atoms with Crippen LogP contribution in [0.1, 0.15) is 10.5 Å². The Hall–Kier alpha value is -2.28. The average molecular weight is 292 g/mol. The molecule has 0 fully saturated rings. The lowest BCUT2D eigenvalue weighted by Crippen LogP contribution is -2.35. The van der Waals surface area contributed by atoms with Gasteiger partial charge in [0.1, 0.15) is 5.82 Å². The summed E-state index contributed by atoms with van der Waals surface area (Å²) in [5, 5.41) is 6.76. The third kappa shape index (κ3) is 3.25. The van der Waals surface area contributed by atoms with Crippen molar-refractivity contribution in [2.45, 2.75) is 0 Å². The van der Waals surface area contributed by atoms with E-state index in [-0.39, 0.29) is 11.1 Å². The second-order valence-corrected chi connectivity index (χ2v) is 5.02. The molecule has 0 bridgehead atoms. The molecule has 0 radical (unpaired) electrons. The van der Waals surface area contributed by atoms with Crippen molar-refractivity contribution in [3.63, 3.8) is 0 Å². The Morgan fingerprint density at radius 1 is 1.43 bits per heavy atom. The summed E-state index contributed by atoms with van der Waals surface area (Å²) in [6.07, 6.45) is 0. The van der Waals surface area contributed by atoms with Crippen LogP contribution in [0.2, 0.25) is 0 Å². The number of aromatic nitrogens is 2. The highest BCUT2D eigenvalue weighted by Gasteiger charge is 2.16. The van der Waals surface area contributed by atoms with Crippen molar-refractivity contribution >= 4 is 16.8 Å². The van der Waals surface area contributed by atoms with Crippen molar-refractivity contribution < 1.29 is 9.18 Å². The molecule has 6 nitrogen and oxygen atoms in total. The molecule has 0 aliphatic heterocycles. The summed E-state index contributed by atoms with van der Waals surface area (Å²) in [6.45, 7) is 1.05. The molecule has 21 heavy (non-hydrogen) atoms. The fraction of sp³-hybridized carbons (Fsp3) is 0.357. The summed E-state index contributed by atoms with van der Waals surface area (Å²) in [4.78, 5) is 26.2. The molecule has 0 aliphatic rings. The number of rotatable bonds is 4. The Morgan fingerprint density at radius 3 is 2.81 bits per heavy atom. The van der Waals surface area contributed by atoms with E-state index in [1.54, 1.807) is 7.05 Å². The van der Waals surface area contributed by atoms with E-state index in [1.165, 1.54) is 16.8 Å². The molecule has 7 heteroatoms. The number of aryl methyl sites for hydroxylation is 1. The van der Waals surface area contributed by atoms with E-state index in [1.807, 2.05) is 19.0 Å². The molecule has 1 aromatic heterocycles. The zero-order valence-electron chi connectivity index (χ0n) is 12.2. The van der Waals surface area contributed by atoms with Gasteiger partial charge < -0.3 is 10.2 Å². The third-order valence-electron chi connectivity index (χ3n) is 3.08. The molecule has 1 aromatic carbocycles. The van der Waals surface area contributed by atoms with Crippen molar-refractivity contribution in [2.24, 2.45) is 7.05 Å². The highest BCUT2D eigenvalue weighted by Crippen LogP contribution is 2.10. The van der Waals surface area contributed by atoms with Crippen LogP contribution in [0, 0.1) is 5.82 Å². The van der Waals surface area contributed by atoms with E-state index in [0.29, 0.717) is 18.6 Å². The Bertz CT molecular complexity index is 740. The zero-order chi connectivity index (χ0) is 15.6. The molecule has 112 valence electrons. The van der Waals surface area contributed by atoms with Gasteiger partial charge in [-0.15, -0.1) is 0 Å². The molecule has 0 spiro atoms. The van der Waals surface area contributed by atoms with Gasteiger partial charge >= 0.3 is 0 Å². The number of hydrogen-bond donors (Lipinski definition) is 1. The van der Waals surface area contributed by atoms with Gasteiger partial charge in [-0.1, -0.05) is 0 Å². The number of likely N-dealkylation sites (N-methyl/N-ethyl adjacent to an activating group) is 1. The highest BCUT2D eigenvalue weighted by atomic mass is 19.1. The van der Waals surface area contributed by atoms with Crippen molar-refractivity contribution in [3.05, 3.63) is 39.9 Å². The predicted octanol–water partition coefficient (Wildman–Crippen LogP) is 0.364. The fourth-order valence-corrected chi connectivity index (χ4v) is 1.97. The number of hydrogen-bond acceptors (Lipinski definition) is 4. The first-order valence-electron chi connectivity index (χ1n) is 6.49. The normalized spacial score (nSPS) is 11.1. The van der Waals surface area contributed by atoms with Gasteiger partial charge in [-0.25, -0.2) is 4.39 Å². The number of fused-ring (bicyclic) bond motifs is 1. The van der Waals surface area contributed by atoms with Crippen LogP contribution in [-0.2, 0) is 7.05 Å². The van der Waals surface area contributed by atoms with Crippen molar-refractivity contribution in [3.8, 4) is 0 Å². The van der Waals surface area contributed by atoms with Crippen LogP contribution in [-0.4, -0.2) is 47.8 Å². The number of carbonyl (C=O) groups is 1. The van der Waals surface area contributed by atoms with E-state index in [9.17, 15) is 14.0 Å². The molecule has 0 aliphatic carbocycles. The molecule has 0 unspecified atom stereocenters. The maximum absolute atomic E-state index is 13.3. The first-order chi connectivity index (χ1) is 9.90. The van der Waals surface area contributed by atoms with Crippen LogP contribution in [0.4, 0.5) is 4.39 Å². The Balaban J connectivity index is 2.38. The summed E-state index contributed by atoms with van der Waals surface area (Å²) >= 11 is 0. The maximum atomic E-state index is 13.3. The molecule has 1 N–H and O–H groups in total. The van der Waals surface area contributed by atoms with Crippen LogP contribution in [0.15, 0.2) is 23.0 Å². The number of amides is 1. The molecule has 2 aromatic rings. The van der Waals surface area contributed by atoms with Crippen molar-refractivity contribution in [2.75, 3.05) is 27.2 Å². The van der Waals surface area contributed by atoms with Crippen LogP contribution in [0.5, 0.6) is 0 Å². The lowest BCUT2D eigenvalue weighted by Gasteiger charge is -2.11. The van der Waals surface area contributed by atoms with Gasteiger partial charge in [0, 0.05) is 20.1 Å². The summed E-state index contributed by atoms with van der Waals surface area (Å²) < 4.78 is 14.7. The van der Waals surface area contributed by atoms with Crippen molar-refractivity contribution in [1.82, 2.24) is 20.0 Å². The van der Waals surface area contributed by atoms with Crippen LogP contribution >= 0.6 is 0 Å². The molecule has 0 saturated heterocycles. The zero-order valence-corrected chi connectivity index (χ0v) is 12.2. The summed E-state index contributed by atoms with van der Waals surface area (Å²) in [6, 6.07) is 3.84.